The lowest BCUT2D eigenvalue weighted by molar-refractivity contribution is -0.277. The molecular weight excluding hydrogens is 428 g/mol. The van der Waals surface area contributed by atoms with Crippen molar-refractivity contribution in [1.29, 1.82) is 0 Å². The molecule has 0 radical (unpaired) electrons. The second-order valence-electron chi connectivity index (χ2n) is 7.07. The summed E-state index contributed by atoms with van der Waals surface area (Å²) in [5, 5.41) is 78.8. The molecule has 0 aliphatic carbocycles. The Morgan fingerprint density at radius 2 is 1.62 bits per heavy atom. The lowest BCUT2D eigenvalue weighted by Gasteiger charge is -2.39. The molecule has 1 aliphatic rings. The van der Waals surface area contributed by atoms with Crippen LogP contribution in [-0.2, 0) is 4.74 Å². The largest absolute Gasteiger partial charge is 0.508 e. The number of benzene rings is 2. The summed E-state index contributed by atoms with van der Waals surface area (Å²) >= 11 is 0. The molecule has 0 saturated carbocycles. The van der Waals surface area contributed by atoms with Gasteiger partial charge >= 0.3 is 0 Å². The Morgan fingerprint density at radius 3 is 2.25 bits per heavy atom. The van der Waals surface area contributed by atoms with E-state index in [-0.39, 0.29) is 5.75 Å². The molecule has 8 N–H and O–H groups in total. The Kier molecular flexibility index (Phi) is 6.87. The average molecular weight is 450 g/mol. The van der Waals surface area contributed by atoms with Crippen LogP contribution >= 0.6 is 0 Å². The molecule has 11 nitrogen and oxygen atoms in total. The fourth-order valence-corrected chi connectivity index (χ4v) is 3.06. The van der Waals surface area contributed by atoms with Gasteiger partial charge < -0.3 is 50.3 Å². The Hall–Kier alpha value is -3.35. The van der Waals surface area contributed by atoms with Crippen LogP contribution in [0.2, 0.25) is 0 Å². The Bertz CT molecular complexity index is 1000. The van der Waals surface area contributed by atoms with Gasteiger partial charge in [-0.1, -0.05) is 18.2 Å². The fourth-order valence-electron chi connectivity index (χ4n) is 3.06. The van der Waals surface area contributed by atoms with Crippen molar-refractivity contribution in [3.63, 3.8) is 0 Å². The highest BCUT2D eigenvalue weighted by Gasteiger charge is 2.45. The number of ether oxygens (including phenoxy) is 2. The van der Waals surface area contributed by atoms with Crippen LogP contribution in [0.3, 0.4) is 0 Å². The first-order chi connectivity index (χ1) is 15.1. The molecular formula is C21H22O11. The van der Waals surface area contributed by atoms with E-state index in [0.717, 1.165) is 12.1 Å². The normalized spacial score (nSPS) is 25.7. The van der Waals surface area contributed by atoms with Gasteiger partial charge in [0.1, 0.15) is 30.2 Å². The van der Waals surface area contributed by atoms with Gasteiger partial charge in [0, 0.05) is 0 Å². The standard InChI is InChI=1S/C21H22O11/c22-8-14-16(27)17(28)19(30)21(31-14)32-20-13(25)7-11(15(26)18(20)29)12(24)6-3-9-1-4-10(23)5-2-9/h1-7,14,16-17,19,21-23,25-30H,8H2. The highest BCUT2D eigenvalue weighted by Crippen LogP contribution is 2.46. The number of phenols is 4. The number of phenolic OH excluding ortho intramolecular Hbond substituents is 4. The Labute approximate surface area is 181 Å². The Balaban J connectivity index is 1.84. The third-order valence-electron chi connectivity index (χ3n) is 4.88. The van der Waals surface area contributed by atoms with Crippen LogP contribution in [-0.4, -0.2) is 83.9 Å². The van der Waals surface area contributed by atoms with Crippen molar-refractivity contribution in [3.8, 4) is 28.7 Å². The number of aliphatic hydroxyl groups is 4. The van der Waals surface area contributed by atoms with Crippen LogP contribution in [0, 0.1) is 0 Å². The monoisotopic (exact) mass is 450 g/mol. The van der Waals surface area contributed by atoms with Crippen LogP contribution in [0.15, 0.2) is 36.4 Å². The number of aromatic hydroxyl groups is 4. The summed E-state index contributed by atoms with van der Waals surface area (Å²) in [6, 6.07) is 6.70. The molecule has 0 amide bonds. The summed E-state index contributed by atoms with van der Waals surface area (Å²) < 4.78 is 10.3. The molecule has 0 aromatic heterocycles. The molecule has 1 heterocycles. The number of hydrogen-bond acceptors (Lipinski definition) is 11. The van der Waals surface area contributed by atoms with Gasteiger partial charge in [0.25, 0.3) is 0 Å². The number of hydrogen-bond donors (Lipinski definition) is 8. The molecule has 1 fully saturated rings. The minimum absolute atomic E-state index is 0.0379. The van der Waals surface area contributed by atoms with Crippen molar-refractivity contribution in [2.45, 2.75) is 30.7 Å². The van der Waals surface area contributed by atoms with Gasteiger partial charge in [0.15, 0.2) is 17.3 Å². The first kappa shape index (κ1) is 23.3. The zero-order valence-corrected chi connectivity index (χ0v) is 16.4. The molecule has 1 aliphatic heterocycles. The van der Waals surface area contributed by atoms with Crippen molar-refractivity contribution < 1.29 is 55.1 Å². The van der Waals surface area contributed by atoms with Crippen LogP contribution in [0.4, 0.5) is 0 Å². The molecule has 2 aromatic carbocycles. The Morgan fingerprint density at radius 1 is 0.969 bits per heavy atom. The smallest absolute Gasteiger partial charge is 0.229 e. The fraction of sp³-hybridized carbons (Fsp3) is 0.286. The number of allylic oxidation sites excluding steroid dienone is 1. The van der Waals surface area contributed by atoms with Gasteiger partial charge in [-0.15, -0.1) is 0 Å². The lowest BCUT2D eigenvalue weighted by Crippen LogP contribution is -2.60. The molecule has 2 aromatic rings. The van der Waals surface area contributed by atoms with Gasteiger partial charge in [-0.2, -0.15) is 0 Å². The predicted octanol–water partition coefficient (Wildman–Crippen LogP) is -0.416. The van der Waals surface area contributed by atoms with E-state index in [1.54, 1.807) is 0 Å². The van der Waals surface area contributed by atoms with E-state index < -0.39 is 71.7 Å². The topological polar surface area (TPSA) is 197 Å². The zero-order valence-electron chi connectivity index (χ0n) is 16.4. The first-order valence-corrected chi connectivity index (χ1v) is 9.40. The SMILES string of the molecule is O=C(C=Cc1ccc(O)cc1)c1cc(O)c(OC2OC(CO)C(O)C(O)C2O)c(O)c1O. The van der Waals surface area contributed by atoms with Gasteiger partial charge in [0.2, 0.25) is 17.8 Å². The lowest BCUT2D eigenvalue weighted by atomic mass is 9.99. The molecule has 32 heavy (non-hydrogen) atoms. The van der Waals surface area contributed by atoms with E-state index in [9.17, 15) is 45.6 Å². The van der Waals surface area contributed by atoms with Crippen LogP contribution in [0.25, 0.3) is 6.08 Å². The van der Waals surface area contributed by atoms with Crippen LogP contribution in [0.1, 0.15) is 15.9 Å². The maximum Gasteiger partial charge on any atom is 0.229 e. The van der Waals surface area contributed by atoms with Crippen molar-refractivity contribution in [2.24, 2.45) is 0 Å². The summed E-state index contributed by atoms with van der Waals surface area (Å²) in [7, 11) is 0. The summed E-state index contributed by atoms with van der Waals surface area (Å²) in [4.78, 5) is 12.4. The number of ketones is 1. The van der Waals surface area contributed by atoms with Gasteiger partial charge in [-0.05, 0) is 29.8 Å². The van der Waals surface area contributed by atoms with Gasteiger partial charge in [0.05, 0.1) is 12.2 Å². The molecule has 3 rings (SSSR count). The minimum Gasteiger partial charge on any atom is -0.508 e. The van der Waals surface area contributed by atoms with Crippen molar-refractivity contribution >= 4 is 11.9 Å². The number of rotatable bonds is 6. The first-order valence-electron chi connectivity index (χ1n) is 9.40. The van der Waals surface area contributed by atoms with E-state index in [1.807, 2.05) is 0 Å². The average Bonchev–Trinajstić information content (AvgIpc) is 2.78. The molecule has 0 spiro atoms. The van der Waals surface area contributed by atoms with Gasteiger partial charge in [-0.3, -0.25) is 4.79 Å². The third-order valence-corrected chi connectivity index (χ3v) is 4.88. The van der Waals surface area contributed by atoms with Gasteiger partial charge in [-0.25, -0.2) is 0 Å². The molecule has 11 heteroatoms. The van der Waals surface area contributed by atoms with E-state index in [4.69, 9.17) is 9.47 Å². The highest BCUT2D eigenvalue weighted by molar-refractivity contribution is 6.09. The molecule has 172 valence electrons. The minimum atomic E-state index is -1.83. The maximum atomic E-state index is 12.4. The second kappa shape index (κ2) is 9.42. The summed E-state index contributed by atoms with van der Waals surface area (Å²) in [6.07, 6.45) is -5.84. The van der Waals surface area contributed by atoms with E-state index >= 15 is 0 Å². The maximum absolute atomic E-state index is 12.4. The van der Waals surface area contributed by atoms with E-state index in [1.165, 1.54) is 30.3 Å². The summed E-state index contributed by atoms with van der Waals surface area (Å²) in [5.74, 6) is -4.26. The highest BCUT2D eigenvalue weighted by atomic mass is 16.7. The second-order valence-corrected chi connectivity index (χ2v) is 7.07. The molecule has 1 saturated heterocycles. The quantitative estimate of drug-likeness (QED) is 0.123. The zero-order chi connectivity index (χ0) is 23.6. The third kappa shape index (κ3) is 4.61. The van der Waals surface area contributed by atoms with Crippen molar-refractivity contribution in [2.75, 3.05) is 6.61 Å². The van der Waals surface area contributed by atoms with Crippen LogP contribution < -0.4 is 4.74 Å². The number of aliphatic hydroxyl groups excluding tert-OH is 4. The van der Waals surface area contributed by atoms with E-state index in [0.29, 0.717) is 5.56 Å². The van der Waals surface area contributed by atoms with Crippen LogP contribution in [0.5, 0.6) is 28.7 Å². The van der Waals surface area contributed by atoms with E-state index in [2.05, 4.69) is 0 Å². The molecule has 0 bridgehead atoms. The van der Waals surface area contributed by atoms with Crippen molar-refractivity contribution in [3.05, 3.63) is 47.5 Å². The predicted molar refractivity (Wildman–Crippen MR) is 107 cm³/mol. The summed E-state index contributed by atoms with van der Waals surface area (Å²) in [5.41, 5.74) is 0.0998. The summed E-state index contributed by atoms with van der Waals surface area (Å²) in [6.45, 7) is -0.727. The molecule has 5 atom stereocenters. The number of carbonyl (C=O) groups is 1. The molecule has 5 unspecified atom stereocenters. The van der Waals surface area contributed by atoms with Crippen molar-refractivity contribution in [1.82, 2.24) is 0 Å². The number of carbonyl (C=O) groups excluding carboxylic acids is 1.